The second-order valence-corrected chi connectivity index (χ2v) is 6.73. The lowest BCUT2D eigenvalue weighted by Gasteiger charge is -2.08. The molecule has 0 aliphatic heterocycles. The van der Waals surface area contributed by atoms with Crippen LogP contribution in [0.25, 0.3) is 0 Å². The van der Waals surface area contributed by atoms with Crippen LogP contribution in [0.4, 0.5) is 0 Å². The van der Waals surface area contributed by atoms with Crippen LogP contribution < -0.4 is 4.72 Å². The molecule has 1 heterocycles. The molecule has 1 aromatic carbocycles. The highest BCUT2D eigenvalue weighted by Crippen LogP contribution is 2.24. The number of aryl methyl sites for hydroxylation is 2. The molecule has 6 heteroatoms. The third-order valence-corrected chi connectivity index (χ3v) is 5.03. The van der Waals surface area contributed by atoms with E-state index >= 15 is 0 Å². The van der Waals surface area contributed by atoms with Crippen LogP contribution in [0.3, 0.4) is 0 Å². The van der Waals surface area contributed by atoms with Crippen LogP contribution in [0.5, 0.6) is 0 Å². The van der Waals surface area contributed by atoms with Crippen molar-refractivity contribution in [3.63, 3.8) is 0 Å². The lowest BCUT2D eigenvalue weighted by molar-refractivity contribution is 0.419. The number of sulfonamides is 1. The molecule has 0 saturated heterocycles. The zero-order chi connectivity index (χ0) is 14.0. The van der Waals surface area contributed by atoms with Gasteiger partial charge in [-0.05, 0) is 48.9 Å². The zero-order valence-electron chi connectivity index (χ0n) is 11.0. The fourth-order valence-corrected chi connectivity index (χ4v) is 3.56. The topological polar surface area (TPSA) is 72.2 Å². The van der Waals surface area contributed by atoms with Crippen molar-refractivity contribution < 1.29 is 12.9 Å². The molecule has 2 aromatic rings. The summed E-state index contributed by atoms with van der Waals surface area (Å²) in [5.41, 5.74) is 3.31. The van der Waals surface area contributed by atoms with Gasteiger partial charge in [0.05, 0.1) is 11.1 Å². The Kier molecular flexibility index (Phi) is 3.58. The van der Waals surface area contributed by atoms with Crippen molar-refractivity contribution >= 4 is 10.0 Å². The number of benzene rings is 1. The molecule has 0 amide bonds. The summed E-state index contributed by atoms with van der Waals surface area (Å²) >= 11 is 0. The minimum atomic E-state index is -3.44. The molecular formula is C14H16N2O3S. The van der Waals surface area contributed by atoms with Gasteiger partial charge < -0.3 is 4.52 Å². The molecule has 1 aliphatic rings. The molecule has 0 atom stereocenters. The highest BCUT2D eigenvalue weighted by molar-refractivity contribution is 7.89. The smallest absolute Gasteiger partial charge is 0.240 e. The Morgan fingerprint density at radius 2 is 2.10 bits per heavy atom. The van der Waals surface area contributed by atoms with Gasteiger partial charge in [-0.1, -0.05) is 11.2 Å². The average Bonchev–Trinajstić information content (AvgIpc) is 3.08. The fraction of sp³-hybridized carbons (Fsp3) is 0.357. The Morgan fingerprint density at radius 1 is 1.25 bits per heavy atom. The lowest BCUT2D eigenvalue weighted by atomic mass is 10.1. The van der Waals surface area contributed by atoms with E-state index in [0.717, 1.165) is 30.4 Å². The minimum absolute atomic E-state index is 0.334. The molecule has 0 spiro atoms. The monoisotopic (exact) mass is 292 g/mol. The number of fused-ring (bicyclic) bond motifs is 1. The van der Waals surface area contributed by atoms with Crippen molar-refractivity contribution in [3.8, 4) is 0 Å². The number of nitrogens with one attached hydrogen (secondary N) is 1. The van der Waals surface area contributed by atoms with E-state index in [0.29, 0.717) is 17.9 Å². The maximum atomic E-state index is 12.2. The van der Waals surface area contributed by atoms with Crippen molar-refractivity contribution in [2.24, 2.45) is 0 Å². The standard InChI is InChI=1S/C14H16N2O3S/c17-20(18,16-7-6-11-9-15-19-10-11)14-5-4-12-2-1-3-13(12)8-14/h4-5,8-10,16H,1-3,6-7H2. The first-order chi connectivity index (χ1) is 9.65. The van der Waals surface area contributed by atoms with Gasteiger partial charge in [0.2, 0.25) is 10.0 Å². The van der Waals surface area contributed by atoms with E-state index in [4.69, 9.17) is 4.52 Å². The number of nitrogens with zero attached hydrogens (tertiary/aromatic N) is 1. The van der Waals surface area contributed by atoms with Gasteiger partial charge in [-0.3, -0.25) is 0 Å². The third kappa shape index (κ3) is 2.76. The Hall–Kier alpha value is -1.66. The van der Waals surface area contributed by atoms with Crippen molar-refractivity contribution in [1.82, 2.24) is 9.88 Å². The molecule has 1 aromatic heterocycles. The van der Waals surface area contributed by atoms with Crippen molar-refractivity contribution in [2.45, 2.75) is 30.6 Å². The van der Waals surface area contributed by atoms with Gasteiger partial charge in [-0.15, -0.1) is 0 Å². The summed E-state index contributed by atoms with van der Waals surface area (Å²) in [6.07, 6.45) is 6.80. The van der Waals surface area contributed by atoms with Crippen molar-refractivity contribution in [3.05, 3.63) is 47.3 Å². The molecule has 20 heavy (non-hydrogen) atoms. The molecule has 0 bridgehead atoms. The Morgan fingerprint density at radius 3 is 2.90 bits per heavy atom. The number of rotatable bonds is 5. The molecule has 0 saturated carbocycles. The molecule has 0 radical (unpaired) electrons. The zero-order valence-corrected chi connectivity index (χ0v) is 11.8. The normalized spacial score (nSPS) is 14.4. The van der Waals surface area contributed by atoms with E-state index in [1.54, 1.807) is 18.3 Å². The van der Waals surface area contributed by atoms with Gasteiger partial charge in [0.1, 0.15) is 6.26 Å². The van der Waals surface area contributed by atoms with Gasteiger partial charge in [0, 0.05) is 12.1 Å². The van der Waals surface area contributed by atoms with E-state index in [9.17, 15) is 8.42 Å². The quantitative estimate of drug-likeness (QED) is 0.910. The van der Waals surface area contributed by atoms with E-state index in [1.807, 2.05) is 6.07 Å². The Bertz CT molecular complexity index is 693. The molecule has 1 N–H and O–H groups in total. The molecule has 5 nitrogen and oxygen atoms in total. The molecular weight excluding hydrogens is 276 g/mol. The molecule has 3 rings (SSSR count). The molecule has 106 valence electrons. The predicted octanol–water partition coefficient (Wildman–Crippen LogP) is 1.68. The van der Waals surface area contributed by atoms with Crippen LogP contribution in [0.2, 0.25) is 0 Å². The van der Waals surface area contributed by atoms with Crippen LogP contribution in [-0.4, -0.2) is 20.1 Å². The maximum absolute atomic E-state index is 12.2. The van der Waals surface area contributed by atoms with E-state index in [2.05, 4.69) is 9.88 Å². The summed E-state index contributed by atoms with van der Waals surface area (Å²) in [6, 6.07) is 5.41. The Labute approximate surface area is 118 Å². The third-order valence-electron chi connectivity index (χ3n) is 3.57. The Balaban J connectivity index is 1.68. The summed E-state index contributed by atoms with van der Waals surface area (Å²) in [5.74, 6) is 0. The van der Waals surface area contributed by atoms with Gasteiger partial charge in [0.25, 0.3) is 0 Å². The van der Waals surface area contributed by atoms with Gasteiger partial charge in [0.15, 0.2) is 0 Å². The number of hydrogen-bond donors (Lipinski definition) is 1. The van der Waals surface area contributed by atoms with E-state index in [1.165, 1.54) is 11.8 Å². The second kappa shape index (κ2) is 5.38. The first-order valence-electron chi connectivity index (χ1n) is 6.65. The molecule has 0 fully saturated rings. The SMILES string of the molecule is O=S(=O)(NCCc1cnoc1)c1ccc2c(c1)CCC2. The van der Waals surface area contributed by atoms with Gasteiger partial charge in [-0.25, -0.2) is 13.1 Å². The fourth-order valence-electron chi connectivity index (χ4n) is 2.48. The summed E-state index contributed by atoms with van der Waals surface area (Å²) in [6.45, 7) is 0.334. The molecule has 0 unspecified atom stereocenters. The maximum Gasteiger partial charge on any atom is 0.240 e. The van der Waals surface area contributed by atoms with Crippen LogP contribution in [-0.2, 0) is 29.3 Å². The summed E-state index contributed by atoms with van der Waals surface area (Å²) in [4.78, 5) is 0.350. The van der Waals surface area contributed by atoms with Crippen LogP contribution in [0.15, 0.2) is 40.1 Å². The van der Waals surface area contributed by atoms with E-state index < -0.39 is 10.0 Å². The summed E-state index contributed by atoms with van der Waals surface area (Å²) < 4.78 is 31.7. The van der Waals surface area contributed by atoms with E-state index in [-0.39, 0.29) is 0 Å². The van der Waals surface area contributed by atoms with Crippen LogP contribution in [0.1, 0.15) is 23.1 Å². The number of aromatic nitrogens is 1. The predicted molar refractivity (Wildman–Crippen MR) is 73.9 cm³/mol. The average molecular weight is 292 g/mol. The van der Waals surface area contributed by atoms with Crippen LogP contribution >= 0.6 is 0 Å². The second-order valence-electron chi connectivity index (χ2n) is 4.96. The highest BCUT2D eigenvalue weighted by atomic mass is 32.2. The van der Waals surface area contributed by atoms with Crippen molar-refractivity contribution in [1.29, 1.82) is 0 Å². The highest BCUT2D eigenvalue weighted by Gasteiger charge is 2.18. The molecule has 1 aliphatic carbocycles. The first-order valence-corrected chi connectivity index (χ1v) is 8.13. The number of hydrogen-bond acceptors (Lipinski definition) is 4. The largest absolute Gasteiger partial charge is 0.364 e. The summed E-state index contributed by atoms with van der Waals surface area (Å²) in [7, 11) is -3.44. The van der Waals surface area contributed by atoms with Gasteiger partial charge in [-0.2, -0.15) is 0 Å². The first kappa shape index (κ1) is 13.3. The minimum Gasteiger partial charge on any atom is -0.364 e. The lowest BCUT2D eigenvalue weighted by Crippen LogP contribution is -2.26. The van der Waals surface area contributed by atoms with Gasteiger partial charge >= 0.3 is 0 Å². The van der Waals surface area contributed by atoms with Crippen molar-refractivity contribution in [2.75, 3.05) is 6.54 Å². The summed E-state index contributed by atoms with van der Waals surface area (Å²) in [5, 5.41) is 3.58. The van der Waals surface area contributed by atoms with Crippen LogP contribution in [0, 0.1) is 0 Å².